The normalized spacial score (nSPS) is 17.4. The number of phenolic OH excluding ortho intramolecular Hbond substituents is 2. The fourth-order valence-corrected chi connectivity index (χ4v) is 11.5. The Bertz CT molecular complexity index is 3330. The molecule has 0 unspecified atom stereocenters. The van der Waals surface area contributed by atoms with Crippen LogP contribution in [0.15, 0.2) is 85.5 Å². The molecule has 4 aliphatic rings. The van der Waals surface area contributed by atoms with E-state index in [4.69, 9.17) is 26.3 Å². The van der Waals surface area contributed by atoms with Gasteiger partial charge in [-0.3, -0.25) is 23.9 Å². The molecule has 3 saturated heterocycles. The predicted octanol–water partition coefficient (Wildman–Crippen LogP) is 7.79. The number of amides is 3. The molecule has 6 aromatic rings. The lowest BCUT2D eigenvalue weighted by molar-refractivity contribution is -0.144. The van der Waals surface area contributed by atoms with Crippen LogP contribution in [0.25, 0.3) is 27.8 Å². The summed E-state index contributed by atoms with van der Waals surface area (Å²) in [4.78, 5) is 60.0. The number of nitriles is 1. The third-order valence-electron chi connectivity index (χ3n) is 15.3. The minimum absolute atomic E-state index is 0.00986. The Labute approximate surface area is 459 Å². The molecule has 0 radical (unpaired) electrons. The summed E-state index contributed by atoms with van der Waals surface area (Å²) in [5.74, 6) is -1.66. The molecule has 6 heterocycles. The fourth-order valence-electron chi connectivity index (χ4n) is 11.2. The Morgan fingerprint density at radius 3 is 2.39 bits per heavy atom. The number of hydrogen-bond donors (Lipinski definition) is 3. The van der Waals surface area contributed by atoms with Crippen LogP contribution in [0.2, 0.25) is 5.02 Å². The molecule has 2 aromatic heterocycles. The summed E-state index contributed by atoms with van der Waals surface area (Å²) in [6.45, 7) is 11.6. The molecular weight excluding hydrogens is 1040 g/mol. The number of phenols is 2. The molecule has 3 fully saturated rings. The zero-order valence-corrected chi connectivity index (χ0v) is 44.6. The van der Waals surface area contributed by atoms with E-state index in [2.05, 4.69) is 43.6 Å². The van der Waals surface area contributed by atoms with Crippen molar-refractivity contribution in [3.8, 4) is 40.7 Å². The third-order valence-corrected chi connectivity index (χ3v) is 15.7. The lowest BCUT2D eigenvalue weighted by Gasteiger charge is -2.43. The number of anilines is 2. The summed E-state index contributed by atoms with van der Waals surface area (Å²) >= 11 is 6.78. The number of aromatic nitrogens is 5. The van der Waals surface area contributed by atoms with Gasteiger partial charge in [0.05, 0.1) is 48.0 Å². The van der Waals surface area contributed by atoms with E-state index in [1.165, 1.54) is 16.7 Å². The molecule has 79 heavy (non-hydrogen) atoms. The maximum Gasteiger partial charge on any atom is 0.405 e. The maximum atomic E-state index is 13.8. The van der Waals surface area contributed by atoms with Crippen LogP contribution in [-0.4, -0.2) is 145 Å². The Hall–Kier alpha value is -7.96. The number of piperidine rings is 1. The first kappa shape index (κ1) is 54.4. The molecule has 1 atom stereocenters. The second-order valence-electron chi connectivity index (χ2n) is 20.9. The highest BCUT2D eigenvalue weighted by atomic mass is 35.5. The van der Waals surface area contributed by atoms with Gasteiger partial charge in [-0.05, 0) is 91.2 Å². The van der Waals surface area contributed by atoms with E-state index in [1.54, 1.807) is 17.0 Å². The van der Waals surface area contributed by atoms with Crippen molar-refractivity contribution in [2.75, 3.05) is 75.3 Å². The van der Waals surface area contributed by atoms with Crippen LogP contribution in [0.1, 0.15) is 72.0 Å². The van der Waals surface area contributed by atoms with Gasteiger partial charge in [-0.2, -0.15) is 28.4 Å². The molecule has 0 spiro atoms. The van der Waals surface area contributed by atoms with E-state index in [1.807, 2.05) is 66.5 Å². The van der Waals surface area contributed by atoms with Crippen LogP contribution in [0.3, 0.4) is 0 Å². The van der Waals surface area contributed by atoms with Gasteiger partial charge in [-0.15, -0.1) is 10.2 Å². The fraction of sp³-hybridized carbons (Fsp3) is 0.404. The highest BCUT2D eigenvalue weighted by molar-refractivity contribution is 6.36. The van der Waals surface area contributed by atoms with Crippen molar-refractivity contribution in [2.45, 2.75) is 70.8 Å². The first-order valence-electron chi connectivity index (χ1n) is 26.4. The van der Waals surface area contributed by atoms with Gasteiger partial charge in [0.1, 0.15) is 23.9 Å². The zero-order valence-electron chi connectivity index (χ0n) is 43.8. The first-order valence-corrected chi connectivity index (χ1v) is 26.8. The summed E-state index contributed by atoms with van der Waals surface area (Å²) in [5, 5.41) is 43.7. The van der Waals surface area contributed by atoms with Crippen LogP contribution in [-0.2, 0) is 29.1 Å². The molecule has 0 aliphatic carbocycles. The standard InChI is InChI=1S/C57H60ClF3N12O6/c1-4-49(76)72-24-23-70(30-40(72)15-19-62)51-41-18-22-69(46-10-6-8-37-7-5-9-44(58)50(37)46)31-45(41)64-56(65-51)79-32-36-28-71(29-36)55(78)38-16-20-68(21-17-38)27-35-11-13-39(14-12-35)73-52(43-25-42(34(2)3)47(74)26-48(43)75)66-67-53(73)54(77)63-33-57(59,60)61/h4-14,25-26,34,36,38,40,74-75H,1,15-18,20-24,27-33H2,2-3H3,(H,63,77)/t40-/m0/s1. The number of nitrogens with one attached hydrogen (secondary N) is 1. The number of hydrogen-bond acceptors (Lipinski definition) is 14. The smallest absolute Gasteiger partial charge is 0.405 e. The molecule has 10 rings (SSSR count). The number of piperazine rings is 1. The molecule has 4 aromatic carbocycles. The highest BCUT2D eigenvalue weighted by Crippen LogP contribution is 2.40. The van der Waals surface area contributed by atoms with Gasteiger partial charge < -0.3 is 39.9 Å². The molecular formula is C57H60ClF3N12O6. The van der Waals surface area contributed by atoms with Crippen molar-refractivity contribution >= 4 is 51.6 Å². The molecule has 4 aliphatic heterocycles. The van der Waals surface area contributed by atoms with Crippen molar-refractivity contribution in [3.63, 3.8) is 0 Å². The topological polar surface area (TPSA) is 209 Å². The van der Waals surface area contributed by atoms with E-state index in [9.17, 15) is 43.0 Å². The number of alkyl halides is 3. The van der Waals surface area contributed by atoms with Crippen LogP contribution in [0, 0.1) is 23.2 Å². The van der Waals surface area contributed by atoms with Crippen molar-refractivity contribution in [2.24, 2.45) is 11.8 Å². The SMILES string of the molecule is C=CC(=O)N1CCN(c2nc(OCC3CN(C(=O)C4CCN(Cc5ccc(-n6c(C(=O)NCC(F)(F)F)nnc6-c6cc(C(C)C)c(O)cc6O)cc5)CC4)C3)nc3c2CCN(c2cccc4cccc(Cl)c24)C3)C[C@@H]1CC#N. The predicted molar refractivity (Wildman–Crippen MR) is 290 cm³/mol. The van der Waals surface area contributed by atoms with E-state index in [-0.39, 0.29) is 70.9 Å². The van der Waals surface area contributed by atoms with Gasteiger partial charge >= 0.3 is 12.2 Å². The Morgan fingerprint density at radius 1 is 0.937 bits per heavy atom. The highest BCUT2D eigenvalue weighted by Gasteiger charge is 2.38. The summed E-state index contributed by atoms with van der Waals surface area (Å²) in [7, 11) is 0. The average molecular weight is 1100 g/mol. The van der Waals surface area contributed by atoms with Crippen molar-refractivity contribution in [1.29, 1.82) is 5.26 Å². The minimum atomic E-state index is -4.67. The van der Waals surface area contributed by atoms with Gasteiger partial charge in [0.2, 0.25) is 17.6 Å². The summed E-state index contributed by atoms with van der Waals surface area (Å²) in [5.41, 5.74) is 4.71. The Kier molecular flexibility index (Phi) is 15.7. The van der Waals surface area contributed by atoms with Crippen LogP contribution >= 0.6 is 11.6 Å². The molecule has 18 nitrogen and oxygen atoms in total. The van der Waals surface area contributed by atoms with Gasteiger partial charge in [0.15, 0.2) is 5.82 Å². The van der Waals surface area contributed by atoms with E-state index in [0.717, 1.165) is 45.2 Å². The molecule has 3 N–H and O–H groups in total. The number of halogens is 4. The van der Waals surface area contributed by atoms with E-state index >= 15 is 0 Å². The van der Waals surface area contributed by atoms with E-state index in [0.29, 0.717) is 108 Å². The number of ether oxygens (including phenoxy) is 1. The first-order chi connectivity index (χ1) is 38.0. The second kappa shape index (κ2) is 22.8. The quantitative estimate of drug-likeness (QED) is 0.0839. The summed E-state index contributed by atoms with van der Waals surface area (Å²) < 4.78 is 47.1. The number of carbonyl (C=O) groups is 3. The molecule has 0 bridgehead atoms. The number of aromatic hydroxyl groups is 2. The third kappa shape index (κ3) is 11.6. The van der Waals surface area contributed by atoms with Crippen LogP contribution in [0.5, 0.6) is 17.5 Å². The average Bonchev–Trinajstić information content (AvgIpc) is 4.04. The Morgan fingerprint density at radius 2 is 1.68 bits per heavy atom. The van der Waals surface area contributed by atoms with Crippen LogP contribution in [0.4, 0.5) is 24.7 Å². The van der Waals surface area contributed by atoms with Gasteiger partial charge in [-0.1, -0.05) is 68.4 Å². The van der Waals surface area contributed by atoms with Crippen molar-refractivity contribution < 1.29 is 42.5 Å². The molecule has 3 amide bonds. The lowest BCUT2D eigenvalue weighted by Crippen LogP contribution is -2.55. The monoisotopic (exact) mass is 1100 g/mol. The molecule has 22 heteroatoms. The zero-order chi connectivity index (χ0) is 55.7. The lowest BCUT2D eigenvalue weighted by atomic mass is 9.91. The van der Waals surface area contributed by atoms with Gasteiger partial charge in [-0.25, -0.2) is 0 Å². The maximum absolute atomic E-state index is 13.8. The number of carbonyl (C=O) groups excluding carboxylic acids is 3. The van der Waals surface area contributed by atoms with Gasteiger partial charge in [0.25, 0.3) is 5.91 Å². The number of fused-ring (bicyclic) bond motifs is 2. The number of rotatable bonds is 15. The number of benzene rings is 4. The van der Waals surface area contributed by atoms with Crippen LogP contribution < -0.4 is 19.9 Å². The molecule has 0 saturated carbocycles. The Balaban J connectivity index is 0.771. The second-order valence-corrected chi connectivity index (χ2v) is 21.3. The molecule has 412 valence electrons. The van der Waals surface area contributed by atoms with Crippen molar-refractivity contribution in [3.05, 3.63) is 119 Å². The number of nitrogens with zero attached hydrogens (tertiary/aromatic N) is 11. The van der Waals surface area contributed by atoms with Crippen molar-refractivity contribution in [1.82, 2.24) is 44.7 Å². The largest absolute Gasteiger partial charge is 0.508 e. The summed E-state index contributed by atoms with van der Waals surface area (Å²) in [6, 6.07) is 23.9. The summed E-state index contributed by atoms with van der Waals surface area (Å²) in [6.07, 6.45) is -1.23. The van der Waals surface area contributed by atoms with Gasteiger partial charge in [0, 0.05) is 86.0 Å². The number of likely N-dealkylation sites (tertiary alicyclic amines) is 2. The minimum Gasteiger partial charge on any atom is -0.508 e. The van der Waals surface area contributed by atoms with E-state index < -0.39 is 24.5 Å².